The summed E-state index contributed by atoms with van der Waals surface area (Å²) in [4.78, 5) is 53.4. The minimum Gasteiger partial charge on any atom is -0.464 e. The lowest BCUT2D eigenvalue weighted by Gasteiger charge is -2.29. The van der Waals surface area contributed by atoms with E-state index in [1.807, 2.05) is 0 Å². The third-order valence-electron chi connectivity index (χ3n) is 7.89. The number of nitrogens with two attached hydrogens (primary N) is 1. The zero-order valence-electron chi connectivity index (χ0n) is 26.1. The topological polar surface area (TPSA) is 119 Å². The number of hydrogen-bond acceptors (Lipinski definition) is 5. The van der Waals surface area contributed by atoms with Gasteiger partial charge in [-0.25, -0.2) is 0 Å². The summed E-state index contributed by atoms with van der Waals surface area (Å²) in [5.74, 6) is -2.32. The van der Waals surface area contributed by atoms with Gasteiger partial charge in [0, 0.05) is 19.7 Å². The highest BCUT2D eigenvalue weighted by Crippen LogP contribution is 2.33. The van der Waals surface area contributed by atoms with Crippen LogP contribution >= 0.6 is 0 Å². The largest absolute Gasteiger partial charge is 0.464 e. The van der Waals surface area contributed by atoms with E-state index in [1.165, 1.54) is 49.3 Å². The molecule has 3 amide bonds. The van der Waals surface area contributed by atoms with Gasteiger partial charge in [0.05, 0.1) is 23.2 Å². The van der Waals surface area contributed by atoms with Gasteiger partial charge in [-0.2, -0.15) is 13.2 Å². The van der Waals surface area contributed by atoms with Gasteiger partial charge in [-0.05, 0) is 59.0 Å². The van der Waals surface area contributed by atoms with Crippen LogP contribution in [0.25, 0.3) is 11.1 Å². The number of primary amides is 1. The average Bonchev–Trinajstić information content (AvgIpc) is 3.05. The van der Waals surface area contributed by atoms with Crippen LogP contribution < -0.4 is 11.1 Å². The van der Waals surface area contributed by atoms with Crippen LogP contribution in [0.4, 0.5) is 18.9 Å². The van der Waals surface area contributed by atoms with E-state index in [4.69, 9.17) is 10.5 Å². The number of alkyl halides is 3. The van der Waals surface area contributed by atoms with Gasteiger partial charge in [0.15, 0.2) is 0 Å². The molecule has 0 heterocycles. The zero-order chi connectivity index (χ0) is 34.4. The van der Waals surface area contributed by atoms with E-state index in [2.05, 4.69) is 5.32 Å². The third kappa shape index (κ3) is 7.86. The standard InChI is InChI=1S/C36H34F3N3O5/c1-4-35(34(40)46,25-10-6-5-7-11-25)22-47-31(43)21-23-14-19-30(29(20-23)33(45)42(2)3)41-32(44)28-13-9-8-12-27(28)24-15-17-26(18-16-24)36(37,38)39/h5-20H,4,21-22H2,1-3H3,(H2,40,46)(H,41,44). The first-order valence-electron chi connectivity index (χ1n) is 14.7. The van der Waals surface area contributed by atoms with Gasteiger partial charge >= 0.3 is 12.1 Å². The molecule has 4 aromatic rings. The van der Waals surface area contributed by atoms with Crippen molar-refractivity contribution in [3.8, 4) is 11.1 Å². The Labute approximate surface area is 270 Å². The van der Waals surface area contributed by atoms with E-state index in [9.17, 15) is 32.3 Å². The van der Waals surface area contributed by atoms with E-state index < -0.39 is 40.8 Å². The highest BCUT2D eigenvalue weighted by Gasteiger charge is 2.38. The van der Waals surface area contributed by atoms with Crippen LogP contribution in [0.1, 0.15) is 50.8 Å². The molecular formula is C36H34F3N3O5. The molecule has 0 saturated carbocycles. The van der Waals surface area contributed by atoms with E-state index >= 15 is 0 Å². The summed E-state index contributed by atoms with van der Waals surface area (Å²) in [5.41, 5.74) is 6.01. The lowest BCUT2D eigenvalue weighted by molar-refractivity contribution is -0.146. The van der Waals surface area contributed by atoms with Crippen LogP contribution in [0.3, 0.4) is 0 Å². The van der Waals surface area contributed by atoms with E-state index in [0.29, 0.717) is 28.7 Å². The molecule has 3 N–H and O–H groups in total. The molecule has 0 radical (unpaired) electrons. The Kier molecular flexibility index (Phi) is 10.5. The molecule has 244 valence electrons. The molecule has 0 aliphatic carbocycles. The van der Waals surface area contributed by atoms with Crippen molar-refractivity contribution in [2.45, 2.75) is 31.4 Å². The molecule has 0 aliphatic rings. The number of nitrogens with zero attached hydrogens (tertiary/aromatic N) is 1. The third-order valence-corrected chi connectivity index (χ3v) is 7.89. The first-order chi connectivity index (χ1) is 22.3. The number of ether oxygens (including phenoxy) is 1. The monoisotopic (exact) mass is 645 g/mol. The van der Waals surface area contributed by atoms with Gasteiger partial charge in [-0.3, -0.25) is 19.2 Å². The maximum atomic E-state index is 13.5. The number of carbonyl (C=O) groups is 4. The fourth-order valence-corrected chi connectivity index (χ4v) is 5.15. The van der Waals surface area contributed by atoms with Crippen LogP contribution in [0.15, 0.2) is 97.1 Å². The van der Waals surface area contributed by atoms with Gasteiger partial charge < -0.3 is 20.7 Å². The number of nitrogens with one attached hydrogen (secondary N) is 1. The Morgan fingerprint density at radius 3 is 2.04 bits per heavy atom. The Morgan fingerprint density at radius 1 is 0.809 bits per heavy atom. The molecule has 0 aliphatic heterocycles. The van der Waals surface area contributed by atoms with Crippen LogP contribution in [-0.4, -0.2) is 49.3 Å². The SMILES string of the molecule is CCC(COC(=O)Cc1ccc(NC(=O)c2ccccc2-c2ccc(C(F)(F)F)cc2)c(C(=O)N(C)C)c1)(C(N)=O)c1ccccc1. The fraction of sp³-hybridized carbons (Fsp3) is 0.222. The van der Waals surface area contributed by atoms with Crippen LogP contribution in [0, 0.1) is 0 Å². The molecule has 1 atom stereocenters. The number of carbonyl (C=O) groups excluding carboxylic acids is 4. The first kappa shape index (κ1) is 34.4. The molecule has 0 bridgehead atoms. The number of rotatable bonds is 11. The molecule has 0 spiro atoms. The van der Waals surface area contributed by atoms with Crippen molar-refractivity contribution in [1.29, 1.82) is 0 Å². The second-order valence-electron chi connectivity index (χ2n) is 11.2. The second-order valence-corrected chi connectivity index (χ2v) is 11.2. The average molecular weight is 646 g/mol. The van der Waals surface area contributed by atoms with Crippen molar-refractivity contribution < 1.29 is 37.1 Å². The number of esters is 1. The molecule has 8 nitrogen and oxygen atoms in total. The van der Waals surface area contributed by atoms with Crippen molar-refractivity contribution in [2.75, 3.05) is 26.0 Å². The maximum absolute atomic E-state index is 13.5. The predicted molar refractivity (Wildman–Crippen MR) is 172 cm³/mol. The van der Waals surface area contributed by atoms with E-state index in [-0.39, 0.29) is 29.8 Å². The number of benzene rings is 4. The molecule has 0 fully saturated rings. The summed E-state index contributed by atoms with van der Waals surface area (Å²) in [6.45, 7) is 1.51. The van der Waals surface area contributed by atoms with Crippen LogP contribution in [0.5, 0.6) is 0 Å². The lowest BCUT2D eigenvalue weighted by Crippen LogP contribution is -2.45. The highest BCUT2D eigenvalue weighted by molar-refractivity contribution is 6.11. The summed E-state index contributed by atoms with van der Waals surface area (Å²) in [6.07, 6.45) is -4.43. The molecule has 0 saturated heterocycles. The molecular weight excluding hydrogens is 611 g/mol. The summed E-state index contributed by atoms with van der Waals surface area (Å²) >= 11 is 0. The zero-order valence-corrected chi connectivity index (χ0v) is 26.1. The van der Waals surface area contributed by atoms with Crippen LogP contribution in [0.2, 0.25) is 0 Å². The number of anilines is 1. The molecule has 0 aromatic heterocycles. The summed E-state index contributed by atoms with van der Waals surface area (Å²) in [5, 5.41) is 2.74. The second kappa shape index (κ2) is 14.3. The normalized spacial score (nSPS) is 12.5. The number of hydrogen-bond donors (Lipinski definition) is 2. The molecule has 47 heavy (non-hydrogen) atoms. The van der Waals surface area contributed by atoms with Gasteiger partial charge in [0.1, 0.15) is 12.0 Å². The number of halogens is 3. The Bertz CT molecular complexity index is 1770. The number of amides is 3. The van der Waals surface area contributed by atoms with Gasteiger partial charge in [0.25, 0.3) is 11.8 Å². The Hall–Kier alpha value is -5.45. The van der Waals surface area contributed by atoms with E-state index in [1.54, 1.807) is 61.5 Å². The molecule has 4 aromatic carbocycles. The lowest BCUT2D eigenvalue weighted by atomic mass is 9.78. The van der Waals surface area contributed by atoms with Crippen molar-refractivity contribution in [2.24, 2.45) is 5.73 Å². The van der Waals surface area contributed by atoms with Crippen LogP contribution in [-0.2, 0) is 32.3 Å². The minimum absolute atomic E-state index is 0.102. The van der Waals surface area contributed by atoms with Crippen molar-refractivity contribution in [1.82, 2.24) is 4.90 Å². The van der Waals surface area contributed by atoms with Gasteiger partial charge in [0.2, 0.25) is 5.91 Å². The summed E-state index contributed by atoms with van der Waals surface area (Å²) in [7, 11) is 3.07. The minimum atomic E-state index is -4.50. The summed E-state index contributed by atoms with van der Waals surface area (Å²) < 4.78 is 44.8. The highest BCUT2D eigenvalue weighted by atomic mass is 19.4. The summed E-state index contributed by atoms with van der Waals surface area (Å²) in [6, 6.07) is 24.2. The quantitative estimate of drug-likeness (QED) is 0.187. The van der Waals surface area contributed by atoms with Crippen molar-refractivity contribution in [3.05, 3.63) is 125 Å². The van der Waals surface area contributed by atoms with Crippen molar-refractivity contribution >= 4 is 29.4 Å². The van der Waals surface area contributed by atoms with Gasteiger partial charge in [-0.1, -0.05) is 73.7 Å². The predicted octanol–water partition coefficient (Wildman–Crippen LogP) is 6.25. The smallest absolute Gasteiger partial charge is 0.416 e. The first-order valence-corrected chi connectivity index (χ1v) is 14.7. The van der Waals surface area contributed by atoms with Crippen molar-refractivity contribution in [3.63, 3.8) is 0 Å². The molecule has 1 unspecified atom stereocenters. The maximum Gasteiger partial charge on any atom is 0.416 e. The van der Waals surface area contributed by atoms with E-state index in [0.717, 1.165) is 12.1 Å². The van der Waals surface area contributed by atoms with Gasteiger partial charge in [-0.15, -0.1) is 0 Å². The Balaban J connectivity index is 1.56. The molecule has 4 rings (SSSR count). The molecule has 11 heteroatoms. The Morgan fingerprint density at radius 2 is 1.45 bits per heavy atom. The fourth-order valence-electron chi connectivity index (χ4n) is 5.15.